The van der Waals surface area contributed by atoms with E-state index in [1.807, 2.05) is 0 Å². The van der Waals surface area contributed by atoms with Gasteiger partial charge in [0.1, 0.15) is 5.82 Å². The van der Waals surface area contributed by atoms with Gasteiger partial charge in [-0.3, -0.25) is 0 Å². The summed E-state index contributed by atoms with van der Waals surface area (Å²) >= 11 is 5.85. The Kier molecular flexibility index (Phi) is 4.30. The maximum atomic E-state index is 13.3. The predicted molar refractivity (Wildman–Crippen MR) is 86.6 cm³/mol. The van der Waals surface area contributed by atoms with Crippen molar-refractivity contribution >= 4 is 23.0 Å². The van der Waals surface area contributed by atoms with Crippen LogP contribution < -0.4 is 10.2 Å². The van der Waals surface area contributed by atoms with Crippen LogP contribution in [0.3, 0.4) is 0 Å². The Labute approximate surface area is 129 Å². The Morgan fingerprint density at radius 3 is 2.43 bits per heavy atom. The van der Waals surface area contributed by atoms with Gasteiger partial charge < -0.3 is 10.2 Å². The van der Waals surface area contributed by atoms with Crippen LogP contribution >= 0.6 is 11.6 Å². The summed E-state index contributed by atoms with van der Waals surface area (Å²) in [6.07, 6.45) is 2.56. The number of anilines is 2. The van der Waals surface area contributed by atoms with Crippen molar-refractivity contribution in [2.75, 3.05) is 23.3 Å². The minimum Gasteiger partial charge on any atom is -0.381 e. The van der Waals surface area contributed by atoms with Crippen molar-refractivity contribution < 1.29 is 4.39 Å². The van der Waals surface area contributed by atoms with Crippen molar-refractivity contribution in [3.8, 4) is 0 Å². The van der Waals surface area contributed by atoms with Crippen LogP contribution in [0.15, 0.2) is 42.5 Å². The Hall–Kier alpha value is -1.74. The van der Waals surface area contributed by atoms with Gasteiger partial charge in [-0.25, -0.2) is 4.39 Å². The first kappa shape index (κ1) is 14.2. The molecular formula is C17H18ClFN2. The van der Waals surface area contributed by atoms with E-state index >= 15 is 0 Å². The van der Waals surface area contributed by atoms with Gasteiger partial charge in [-0.15, -0.1) is 0 Å². The van der Waals surface area contributed by atoms with Gasteiger partial charge >= 0.3 is 0 Å². The lowest BCUT2D eigenvalue weighted by Gasteiger charge is -2.18. The molecular weight excluding hydrogens is 287 g/mol. The molecule has 1 fully saturated rings. The highest BCUT2D eigenvalue weighted by atomic mass is 35.5. The van der Waals surface area contributed by atoms with E-state index in [-0.39, 0.29) is 5.82 Å². The summed E-state index contributed by atoms with van der Waals surface area (Å²) in [4.78, 5) is 2.40. The molecule has 0 unspecified atom stereocenters. The number of rotatable bonds is 4. The van der Waals surface area contributed by atoms with E-state index in [9.17, 15) is 4.39 Å². The SMILES string of the molecule is Fc1cc(Cl)cc(CNc2ccc(N3CCCC3)cc2)c1. The Morgan fingerprint density at radius 2 is 1.76 bits per heavy atom. The molecule has 3 rings (SSSR count). The monoisotopic (exact) mass is 304 g/mol. The maximum Gasteiger partial charge on any atom is 0.125 e. The van der Waals surface area contributed by atoms with Crippen LogP contribution in [0, 0.1) is 5.82 Å². The molecule has 1 heterocycles. The van der Waals surface area contributed by atoms with E-state index < -0.39 is 0 Å². The van der Waals surface area contributed by atoms with Crippen LogP contribution in [0.1, 0.15) is 18.4 Å². The minimum absolute atomic E-state index is 0.302. The molecule has 0 atom stereocenters. The number of nitrogens with one attached hydrogen (secondary N) is 1. The first-order valence-corrected chi connectivity index (χ1v) is 7.62. The van der Waals surface area contributed by atoms with Gasteiger partial charge in [0.25, 0.3) is 0 Å². The molecule has 21 heavy (non-hydrogen) atoms. The molecule has 2 aromatic carbocycles. The number of hydrogen-bond acceptors (Lipinski definition) is 2. The normalized spacial score (nSPS) is 14.5. The summed E-state index contributed by atoms with van der Waals surface area (Å²) < 4.78 is 13.3. The van der Waals surface area contributed by atoms with Crippen LogP contribution in [-0.4, -0.2) is 13.1 Å². The van der Waals surface area contributed by atoms with Crippen LogP contribution in [-0.2, 0) is 6.54 Å². The highest BCUT2D eigenvalue weighted by Crippen LogP contribution is 2.22. The Bertz CT molecular complexity index is 586. The Morgan fingerprint density at radius 1 is 1.05 bits per heavy atom. The molecule has 0 radical (unpaired) electrons. The smallest absolute Gasteiger partial charge is 0.125 e. The lowest BCUT2D eigenvalue weighted by atomic mass is 10.2. The van der Waals surface area contributed by atoms with E-state index in [0.29, 0.717) is 11.6 Å². The van der Waals surface area contributed by atoms with Crippen molar-refractivity contribution in [3.05, 3.63) is 58.9 Å². The summed E-state index contributed by atoms with van der Waals surface area (Å²) in [5.74, 6) is -0.302. The zero-order valence-electron chi connectivity index (χ0n) is 11.8. The van der Waals surface area contributed by atoms with E-state index in [1.54, 1.807) is 6.07 Å². The quantitative estimate of drug-likeness (QED) is 0.881. The molecule has 0 aromatic heterocycles. The molecule has 0 bridgehead atoms. The van der Waals surface area contributed by atoms with Crippen LogP contribution in [0.25, 0.3) is 0 Å². The zero-order valence-corrected chi connectivity index (χ0v) is 12.5. The number of nitrogens with zero attached hydrogens (tertiary/aromatic N) is 1. The molecule has 0 aliphatic carbocycles. The van der Waals surface area contributed by atoms with Crippen LogP contribution in [0.2, 0.25) is 5.02 Å². The van der Waals surface area contributed by atoms with Gasteiger partial charge in [-0.1, -0.05) is 11.6 Å². The minimum atomic E-state index is -0.302. The van der Waals surface area contributed by atoms with Gasteiger partial charge in [0, 0.05) is 36.0 Å². The third-order valence-corrected chi connectivity index (χ3v) is 3.98. The maximum absolute atomic E-state index is 13.3. The van der Waals surface area contributed by atoms with Crippen LogP contribution in [0.5, 0.6) is 0 Å². The molecule has 0 amide bonds. The van der Waals surface area contributed by atoms with E-state index in [0.717, 1.165) is 24.3 Å². The van der Waals surface area contributed by atoms with Crippen molar-refractivity contribution in [1.82, 2.24) is 0 Å². The van der Waals surface area contributed by atoms with E-state index in [1.165, 1.54) is 30.7 Å². The second kappa shape index (κ2) is 6.35. The summed E-state index contributed by atoms with van der Waals surface area (Å²) in [6, 6.07) is 13.0. The number of hydrogen-bond donors (Lipinski definition) is 1. The molecule has 1 aliphatic heterocycles. The third kappa shape index (κ3) is 3.67. The van der Waals surface area contributed by atoms with E-state index in [2.05, 4.69) is 34.5 Å². The average Bonchev–Trinajstić information content (AvgIpc) is 2.99. The summed E-state index contributed by atoms with van der Waals surface area (Å²) in [5.41, 5.74) is 3.13. The molecule has 110 valence electrons. The third-order valence-electron chi connectivity index (χ3n) is 3.76. The van der Waals surface area contributed by atoms with Crippen LogP contribution in [0.4, 0.5) is 15.8 Å². The molecule has 0 saturated carbocycles. The van der Waals surface area contributed by atoms with Crippen molar-refractivity contribution in [1.29, 1.82) is 0 Å². The van der Waals surface area contributed by atoms with Gasteiger partial charge in [0.05, 0.1) is 0 Å². The van der Waals surface area contributed by atoms with E-state index in [4.69, 9.17) is 11.6 Å². The number of benzene rings is 2. The second-order valence-electron chi connectivity index (χ2n) is 5.37. The highest BCUT2D eigenvalue weighted by molar-refractivity contribution is 6.30. The van der Waals surface area contributed by atoms with Crippen molar-refractivity contribution in [2.24, 2.45) is 0 Å². The molecule has 2 nitrogen and oxygen atoms in total. The lowest BCUT2D eigenvalue weighted by molar-refractivity contribution is 0.626. The predicted octanol–water partition coefficient (Wildman–Crippen LogP) is 4.69. The summed E-state index contributed by atoms with van der Waals surface area (Å²) in [6.45, 7) is 2.85. The molecule has 0 spiro atoms. The second-order valence-corrected chi connectivity index (χ2v) is 5.81. The van der Waals surface area contributed by atoms with Crippen molar-refractivity contribution in [3.63, 3.8) is 0 Å². The Balaban J connectivity index is 1.62. The largest absolute Gasteiger partial charge is 0.381 e. The van der Waals surface area contributed by atoms with Crippen molar-refractivity contribution in [2.45, 2.75) is 19.4 Å². The van der Waals surface area contributed by atoms with Gasteiger partial charge in [0.2, 0.25) is 0 Å². The zero-order chi connectivity index (χ0) is 14.7. The fourth-order valence-electron chi connectivity index (χ4n) is 2.68. The molecule has 1 aliphatic rings. The topological polar surface area (TPSA) is 15.3 Å². The molecule has 2 aromatic rings. The van der Waals surface area contributed by atoms with Gasteiger partial charge in [0.15, 0.2) is 0 Å². The molecule has 1 N–H and O–H groups in total. The summed E-state index contributed by atoms with van der Waals surface area (Å²) in [5, 5.41) is 3.72. The molecule has 1 saturated heterocycles. The fraction of sp³-hybridized carbons (Fsp3) is 0.294. The first-order chi connectivity index (χ1) is 10.2. The standard InChI is InChI=1S/C17H18ClFN2/c18-14-9-13(10-15(19)11-14)12-20-16-3-5-17(6-4-16)21-7-1-2-8-21/h3-6,9-11,20H,1-2,7-8,12H2. The average molecular weight is 305 g/mol. The first-order valence-electron chi connectivity index (χ1n) is 7.24. The number of halogens is 2. The highest BCUT2D eigenvalue weighted by Gasteiger charge is 2.11. The molecule has 4 heteroatoms. The lowest BCUT2D eigenvalue weighted by Crippen LogP contribution is -2.17. The fourth-order valence-corrected chi connectivity index (χ4v) is 2.93. The van der Waals surface area contributed by atoms with Gasteiger partial charge in [-0.2, -0.15) is 0 Å². The van der Waals surface area contributed by atoms with Gasteiger partial charge in [-0.05, 0) is 60.9 Å². The summed E-state index contributed by atoms with van der Waals surface area (Å²) in [7, 11) is 0.